The van der Waals surface area contributed by atoms with E-state index in [1.54, 1.807) is 0 Å². The van der Waals surface area contributed by atoms with Crippen LogP contribution in [0.3, 0.4) is 0 Å². The maximum Gasteiger partial charge on any atom is 0.244 e. The molecular weight excluding hydrogens is 352 g/mol. The third kappa shape index (κ3) is 3.24. The first kappa shape index (κ1) is 15.1. The molecule has 2 rings (SSSR count). The standard InChI is InChI=1S/C12H16BrClN2O2S/c1-2-16(7-8-3-4-8)19(17,18)11-6-9(14)5-10(15)12(11)13/h5-6,8H,2-4,7,15H2,1H3. The van der Waals surface area contributed by atoms with Crippen LogP contribution in [0.1, 0.15) is 19.8 Å². The van der Waals surface area contributed by atoms with Crippen LogP contribution in [-0.4, -0.2) is 25.8 Å². The molecule has 0 saturated heterocycles. The van der Waals surface area contributed by atoms with E-state index in [0.29, 0.717) is 34.2 Å². The van der Waals surface area contributed by atoms with Gasteiger partial charge in [-0.25, -0.2) is 8.42 Å². The van der Waals surface area contributed by atoms with E-state index < -0.39 is 10.0 Å². The van der Waals surface area contributed by atoms with Crippen LogP contribution in [0.25, 0.3) is 0 Å². The Labute approximate surface area is 127 Å². The van der Waals surface area contributed by atoms with E-state index in [2.05, 4.69) is 15.9 Å². The zero-order chi connectivity index (χ0) is 14.2. The lowest BCUT2D eigenvalue weighted by atomic mass is 10.3. The summed E-state index contributed by atoms with van der Waals surface area (Å²) in [6.07, 6.45) is 2.20. The number of hydrogen-bond donors (Lipinski definition) is 1. The van der Waals surface area contributed by atoms with E-state index in [1.165, 1.54) is 16.4 Å². The summed E-state index contributed by atoms with van der Waals surface area (Å²) in [5.74, 6) is 0.491. The number of anilines is 1. The van der Waals surface area contributed by atoms with Crippen molar-refractivity contribution in [1.82, 2.24) is 4.31 Å². The van der Waals surface area contributed by atoms with Crippen molar-refractivity contribution in [1.29, 1.82) is 0 Å². The fraction of sp³-hybridized carbons (Fsp3) is 0.500. The van der Waals surface area contributed by atoms with Crippen molar-refractivity contribution < 1.29 is 8.42 Å². The van der Waals surface area contributed by atoms with Crippen molar-refractivity contribution in [2.24, 2.45) is 5.92 Å². The molecule has 0 amide bonds. The zero-order valence-corrected chi connectivity index (χ0v) is 13.7. The van der Waals surface area contributed by atoms with Crippen LogP contribution in [0, 0.1) is 5.92 Å². The topological polar surface area (TPSA) is 63.4 Å². The lowest BCUT2D eigenvalue weighted by molar-refractivity contribution is 0.412. The summed E-state index contributed by atoms with van der Waals surface area (Å²) in [6.45, 7) is 2.84. The Bertz CT molecular complexity index is 588. The van der Waals surface area contributed by atoms with Gasteiger partial charge in [0, 0.05) is 23.8 Å². The Balaban J connectivity index is 2.42. The number of benzene rings is 1. The van der Waals surface area contributed by atoms with Gasteiger partial charge >= 0.3 is 0 Å². The molecule has 1 fully saturated rings. The lowest BCUT2D eigenvalue weighted by Crippen LogP contribution is -2.33. The normalized spacial score (nSPS) is 16.0. The molecule has 1 aromatic rings. The fourth-order valence-electron chi connectivity index (χ4n) is 1.90. The summed E-state index contributed by atoms with van der Waals surface area (Å²) in [4.78, 5) is 0.139. The number of nitrogens with two attached hydrogens (primary N) is 1. The highest BCUT2D eigenvalue weighted by atomic mass is 79.9. The van der Waals surface area contributed by atoms with E-state index in [9.17, 15) is 8.42 Å². The number of rotatable bonds is 5. The van der Waals surface area contributed by atoms with Crippen LogP contribution < -0.4 is 5.73 Å². The van der Waals surface area contributed by atoms with E-state index in [0.717, 1.165) is 12.8 Å². The number of hydrogen-bond acceptors (Lipinski definition) is 3. The quantitative estimate of drug-likeness (QED) is 0.813. The zero-order valence-electron chi connectivity index (χ0n) is 10.6. The van der Waals surface area contributed by atoms with Crippen LogP contribution in [-0.2, 0) is 10.0 Å². The number of nitrogen functional groups attached to an aromatic ring is 1. The molecule has 2 N–H and O–H groups in total. The Morgan fingerprint density at radius 1 is 1.47 bits per heavy atom. The molecule has 106 valence electrons. The maximum absolute atomic E-state index is 12.6. The van der Waals surface area contributed by atoms with Gasteiger partial charge in [0.05, 0.1) is 9.37 Å². The minimum Gasteiger partial charge on any atom is -0.398 e. The number of halogens is 2. The molecule has 0 atom stereocenters. The Hall–Kier alpha value is -0.300. The summed E-state index contributed by atoms with van der Waals surface area (Å²) in [6, 6.07) is 2.97. The molecule has 0 aromatic heterocycles. The Morgan fingerprint density at radius 3 is 2.63 bits per heavy atom. The number of nitrogens with zero attached hydrogens (tertiary/aromatic N) is 1. The molecule has 0 heterocycles. The molecule has 0 bridgehead atoms. The lowest BCUT2D eigenvalue weighted by Gasteiger charge is -2.21. The summed E-state index contributed by atoms with van der Waals surface area (Å²) in [5, 5.41) is 0.321. The van der Waals surface area contributed by atoms with Crippen LogP contribution in [0.4, 0.5) is 5.69 Å². The number of sulfonamides is 1. The van der Waals surface area contributed by atoms with E-state index >= 15 is 0 Å². The molecule has 1 saturated carbocycles. The predicted molar refractivity (Wildman–Crippen MR) is 80.7 cm³/mol. The first-order chi connectivity index (χ1) is 8.86. The third-order valence-corrected chi connectivity index (χ3v) is 6.49. The van der Waals surface area contributed by atoms with Gasteiger partial charge in [-0.1, -0.05) is 18.5 Å². The molecule has 4 nitrogen and oxygen atoms in total. The highest BCUT2D eigenvalue weighted by Crippen LogP contribution is 2.35. The summed E-state index contributed by atoms with van der Waals surface area (Å²) < 4.78 is 27.1. The fourth-order valence-corrected chi connectivity index (χ4v) is 4.68. The second-order valence-electron chi connectivity index (χ2n) is 4.71. The van der Waals surface area contributed by atoms with Gasteiger partial charge < -0.3 is 5.73 Å². The molecule has 19 heavy (non-hydrogen) atoms. The molecule has 1 aromatic carbocycles. The smallest absolute Gasteiger partial charge is 0.244 e. The van der Waals surface area contributed by atoms with Gasteiger partial charge in [-0.15, -0.1) is 0 Å². The average molecular weight is 368 g/mol. The highest BCUT2D eigenvalue weighted by Gasteiger charge is 2.32. The van der Waals surface area contributed by atoms with E-state index in [1.807, 2.05) is 6.92 Å². The molecule has 0 radical (unpaired) electrons. The predicted octanol–water partition coefficient (Wildman–Crippen LogP) is 3.11. The van der Waals surface area contributed by atoms with E-state index in [4.69, 9.17) is 17.3 Å². The van der Waals surface area contributed by atoms with Crippen LogP contribution >= 0.6 is 27.5 Å². The van der Waals surface area contributed by atoms with Crippen LogP contribution in [0.15, 0.2) is 21.5 Å². The van der Waals surface area contributed by atoms with Gasteiger partial charge in [-0.05, 0) is 46.8 Å². The molecule has 1 aliphatic carbocycles. The van der Waals surface area contributed by atoms with Crippen molar-refractivity contribution in [2.75, 3.05) is 18.8 Å². The van der Waals surface area contributed by atoms with Gasteiger partial charge in [0.2, 0.25) is 10.0 Å². The van der Waals surface area contributed by atoms with Crippen LogP contribution in [0.5, 0.6) is 0 Å². The second-order valence-corrected chi connectivity index (χ2v) is 7.84. The molecular formula is C12H16BrClN2O2S. The molecule has 0 spiro atoms. The Kier molecular flexibility index (Phi) is 4.45. The SMILES string of the molecule is CCN(CC1CC1)S(=O)(=O)c1cc(Cl)cc(N)c1Br. The van der Waals surface area contributed by atoms with Crippen molar-refractivity contribution in [3.63, 3.8) is 0 Å². The first-order valence-corrected chi connectivity index (χ1v) is 8.72. The minimum atomic E-state index is -3.56. The van der Waals surface area contributed by atoms with Crippen LogP contribution in [0.2, 0.25) is 5.02 Å². The largest absolute Gasteiger partial charge is 0.398 e. The van der Waals surface area contributed by atoms with Gasteiger partial charge in [0.25, 0.3) is 0 Å². The molecule has 7 heteroatoms. The van der Waals surface area contributed by atoms with Gasteiger partial charge in [-0.2, -0.15) is 4.31 Å². The third-order valence-electron chi connectivity index (χ3n) is 3.16. The van der Waals surface area contributed by atoms with Crippen molar-refractivity contribution >= 4 is 43.2 Å². The monoisotopic (exact) mass is 366 g/mol. The highest BCUT2D eigenvalue weighted by molar-refractivity contribution is 9.10. The summed E-state index contributed by atoms with van der Waals surface area (Å²) >= 11 is 9.15. The van der Waals surface area contributed by atoms with Crippen molar-refractivity contribution in [3.05, 3.63) is 21.6 Å². The van der Waals surface area contributed by atoms with Crippen molar-refractivity contribution in [3.8, 4) is 0 Å². The second kappa shape index (κ2) is 5.60. The molecule has 0 aliphatic heterocycles. The molecule has 1 aliphatic rings. The van der Waals surface area contributed by atoms with E-state index in [-0.39, 0.29) is 4.90 Å². The summed E-state index contributed by atoms with van der Waals surface area (Å²) in [7, 11) is -3.56. The first-order valence-electron chi connectivity index (χ1n) is 6.11. The minimum absolute atomic E-state index is 0.139. The van der Waals surface area contributed by atoms with Gasteiger partial charge in [-0.3, -0.25) is 0 Å². The van der Waals surface area contributed by atoms with Gasteiger partial charge in [0.15, 0.2) is 0 Å². The van der Waals surface area contributed by atoms with Gasteiger partial charge in [0.1, 0.15) is 0 Å². The maximum atomic E-state index is 12.6. The molecule has 0 unspecified atom stereocenters. The Morgan fingerprint density at radius 2 is 2.11 bits per heavy atom. The summed E-state index contributed by atoms with van der Waals surface area (Å²) in [5.41, 5.74) is 6.09. The van der Waals surface area contributed by atoms with Crippen molar-refractivity contribution in [2.45, 2.75) is 24.7 Å². The average Bonchev–Trinajstić information content (AvgIpc) is 3.14.